The number of rotatable bonds is 6. The molecular formula is C75H76BN3. The van der Waals surface area contributed by atoms with E-state index in [2.05, 4.69) is 291 Å². The second-order valence-corrected chi connectivity index (χ2v) is 26.9. The maximum atomic E-state index is 2.82. The van der Waals surface area contributed by atoms with Crippen molar-refractivity contribution < 1.29 is 0 Å². The molecule has 1 fully saturated rings. The highest BCUT2D eigenvalue weighted by molar-refractivity contribution is 7.00. The van der Waals surface area contributed by atoms with E-state index >= 15 is 0 Å². The van der Waals surface area contributed by atoms with Crippen LogP contribution in [0.4, 0.5) is 45.5 Å². The third kappa shape index (κ3) is 8.21. The van der Waals surface area contributed by atoms with Crippen molar-refractivity contribution in [2.75, 3.05) is 14.7 Å². The van der Waals surface area contributed by atoms with E-state index in [1.165, 1.54) is 137 Å². The molecule has 3 heterocycles. The van der Waals surface area contributed by atoms with Crippen LogP contribution in [0.1, 0.15) is 131 Å². The summed E-state index contributed by atoms with van der Waals surface area (Å²) in [4.78, 5) is 8.20. The van der Waals surface area contributed by atoms with Crippen molar-refractivity contribution in [3.05, 3.63) is 222 Å². The van der Waals surface area contributed by atoms with Crippen molar-refractivity contribution in [2.24, 2.45) is 0 Å². The molecule has 9 aromatic carbocycles. The number of hydrogen-bond donors (Lipinski definition) is 0. The van der Waals surface area contributed by atoms with E-state index in [-0.39, 0.29) is 33.9 Å². The van der Waals surface area contributed by atoms with Gasteiger partial charge in [0, 0.05) is 50.7 Å². The Hall–Kier alpha value is -7.56. The van der Waals surface area contributed by atoms with Gasteiger partial charge in [-0.05, 0) is 152 Å². The largest absolute Gasteiger partial charge is 0.334 e. The van der Waals surface area contributed by atoms with Crippen LogP contribution in [0.2, 0.25) is 0 Å². The molecule has 394 valence electrons. The molecule has 0 spiro atoms. The highest BCUT2D eigenvalue weighted by Crippen LogP contribution is 2.61. The molecule has 1 aliphatic carbocycles. The van der Waals surface area contributed by atoms with E-state index in [0.29, 0.717) is 0 Å². The standard InChI is InChI=1S/C75H76BN3/c1-71(2,3)54-35-39-63(58(45-54)51-28-18-13-19-29-51)77-66-38-34-53(50-26-16-12-17-27-50)44-61(66)76-62-47-56(73(7,8)9)37-41-67(62)78(64-40-36-55(72(4,5)6)46-59(64)52-30-20-14-21-31-52)69-49-57(48-68(77)70(69)76)79-65-33-23-22-32-60(65)74(10)42-24-15-25-43-75(74,79)11/h12-14,16-23,26-41,44-49H,15,24-25,42-43H2,1-11H3. The van der Waals surface area contributed by atoms with Gasteiger partial charge in [0.15, 0.2) is 0 Å². The number of para-hydroxylation sites is 1. The Balaban J connectivity index is 1.21. The van der Waals surface area contributed by atoms with Crippen LogP contribution in [0, 0.1) is 0 Å². The molecule has 13 rings (SSSR count). The Kier molecular flexibility index (Phi) is 11.9. The summed E-state index contributed by atoms with van der Waals surface area (Å²) in [6.07, 6.45) is 5.98. The molecule has 0 saturated heterocycles. The molecule has 2 atom stereocenters. The number of anilines is 8. The average molecular weight is 1030 g/mol. The summed E-state index contributed by atoms with van der Waals surface area (Å²) in [5.74, 6) is 0. The zero-order valence-corrected chi connectivity index (χ0v) is 48.5. The van der Waals surface area contributed by atoms with Gasteiger partial charge in [-0.25, -0.2) is 0 Å². The Labute approximate surface area is 472 Å². The van der Waals surface area contributed by atoms with Gasteiger partial charge in [-0.3, -0.25) is 0 Å². The Morgan fingerprint density at radius 1 is 0.367 bits per heavy atom. The van der Waals surface area contributed by atoms with Crippen molar-refractivity contribution in [1.29, 1.82) is 0 Å². The lowest BCUT2D eigenvalue weighted by Crippen LogP contribution is -2.61. The molecule has 4 heteroatoms. The van der Waals surface area contributed by atoms with Crippen LogP contribution in [0.25, 0.3) is 33.4 Å². The Morgan fingerprint density at radius 2 is 0.810 bits per heavy atom. The topological polar surface area (TPSA) is 9.72 Å². The van der Waals surface area contributed by atoms with Crippen molar-refractivity contribution >= 4 is 68.6 Å². The first-order valence-corrected chi connectivity index (χ1v) is 29.3. The van der Waals surface area contributed by atoms with E-state index in [9.17, 15) is 0 Å². The lowest BCUT2D eigenvalue weighted by atomic mass is 9.33. The number of hydrogen-bond acceptors (Lipinski definition) is 3. The zero-order chi connectivity index (χ0) is 54.8. The third-order valence-corrected chi connectivity index (χ3v) is 18.9. The van der Waals surface area contributed by atoms with Crippen LogP contribution in [-0.4, -0.2) is 12.3 Å². The van der Waals surface area contributed by atoms with Crippen molar-refractivity contribution in [3.8, 4) is 33.4 Å². The first-order chi connectivity index (χ1) is 37.8. The minimum atomic E-state index is -0.179. The quantitative estimate of drug-likeness (QED) is 0.154. The molecular weight excluding hydrogens is 954 g/mol. The minimum Gasteiger partial charge on any atom is -0.334 e. The smallest absolute Gasteiger partial charge is 0.252 e. The fourth-order valence-corrected chi connectivity index (χ4v) is 14.3. The zero-order valence-electron chi connectivity index (χ0n) is 48.5. The third-order valence-electron chi connectivity index (χ3n) is 18.9. The number of fused-ring (bicyclic) bond motifs is 7. The monoisotopic (exact) mass is 1030 g/mol. The molecule has 79 heavy (non-hydrogen) atoms. The van der Waals surface area contributed by atoms with Crippen LogP contribution in [0.15, 0.2) is 200 Å². The van der Waals surface area contributed by atoms with E-state index in [4.69, 9.17) is 0 Å². The molecule has 4 aliphatic rings. The summed E-state index contributed by atoms with van der Waals surface area (Å²) >= 11 is 0. The Bertz CT molecular complexity index is 3800. The van der Waals surface area contributed by atoms with Crippen LogP contribution in [-0.2, 0) is 21.7 Å². The van der Waals surface area contributed by atoms with Crippen LogP contribution in [0.3, 0.4) is 0 Å². The summed E-state index contributed by atoms with van der Waals surface area (Å²) < 4.78 is 0. The van der Waals surface area contributed by atoms with Gasteiger partial charge in [0.25, 0.3) is 6.71 Å². The minimum absolute atomic E-state index is 0.0436. The summed E-state index contributed by atoms with van der Waals surface area (Å²) in [6.45, 7) is 26.2. The van der Waals surface area contributed by atoms with Gasteiger partial charge in [0.1, 0.15) is 0 Å². The maximum absolute atomic E-state index is 2.82. The van der Waals surface area contributed by atoms with Crippen molar-refractivity contribution in [2.45, 2.75) is 135 Å². The average Bonchev–Trinajstić information content (AvgIpc) is 2.93. The summed E-state index contributed by atoms with van der Waals surface area (Å²) in [7, 11) is 0. The first kappa shape index (κ1) is 50.9. The van der Waals surface area contributed by atoms with E-state index < -0.39 is 0 Å². The normalized spacial score (nSPS) is 18.6. The van der Waals surface area contributed by atoms with Gasteiger partial charge in [0.2, 0.25) is 0 Å². The molecule has 0 N–H and O–H groups in total. The number of benzene rings is 9. The van der Waals surface area contributed by atoms with Gasteiger partial charge in [-0.2, -0.15) is 0 Å². The fourth-order valence-electron chi connectivity index (χ4n) is 14.3. The summed E-state index contributed by atoms with van der Waals surface area (Å²) in [6, 6.07) is 77.5. The highest BCUT2D eigenvalue weighted by atomic mass is 15.3. The fraction of sp³-hybridized carbons (Fsp3) is 0.280. The van der Waals surface area contributed by atoms with E-state index in [1.54, 1.807) is 0 Å². The van der Waals surface area contributed by atoms with Gasteiger partial charge in [-0.15, -0.1) is 0 Å². The van der Waals surface area contributed by atoms with Crippen LogP contribution < -0.4 is 31.1 Å². The highest BCUT2D eigenvalue weighted by Gasteiger charge is 2.57. The van der Waals surface area contributed by atoms with Gasteiger partial charge < -0.3 is 14.7 Å². The molecule has 3 nitrogen and oxygen atoms in total. The predicted octanol–water partition coefficient (Wildman–Crippen LogP) is 18.8. The molecule has 2 unspecified atom stereocenters. The SMILES string of the molecule is CC(C)(C)c1ccc2c(c1)B1c3cc(-c4ccccc4)ccc3N(c3ccc(C(C)(C)C)cc3-c3ccccc3)c3cc(N4c5ccccc5C5(C)CCCCCC45C)cc(c31)N2c1ccc(C(C)(C)C)cc1-c1ccccc1. The lowest BCUT2D eigenvalue weighted by Gasteiger charge is -2.49. The second kappa shape index (κ2) is 18.5. The molecule has 1 saturated carbocycles. The number of nitrogens with zero attached hydrogens (tertiary/aromatic N) is 3. The van der Waals surface area contributed by atoms with Crippen LogP contribution >= 0.6 is 0 Å². The maximum Gasteiger partial charge on any atom is 0.252 e. The van der Waals surface area contributed by atoms with Gasteiger partial charge in [-0.1, -0.05) is 234 Å². The second-order valence-electron chi connectivity index (χ2n) is 26.9. The van der Waals surface area contributed by atoms with E-state index in [1.807, 2.05) is 0 Å². The lowest BCUT2D eigenvalue weighted by molar-refractivity contribution is 0.261. The van der Waals surface area contributed by atoms with Gasteiger partial charge in [0.05, 0.1) is 16.9 Å². The molecule has 9 aromatic rings. The first-order valence-electron chi connectivity index (χ1n) is 29.3. The van der Waals surface area contributed by atoms with Crippen molar-refractivity contribution in [1.82, 2.24) is 0 Å². The van der Waals surface area contributed by atoms with Crippen molar-refractivity contribution in [3.63, 3.8) is 0 Å². The Morgan fingerprint density at radius 3 is 1.34 bits per heavy atom. The molecule has 0 amide bonds. The van der Waals surface area contributed by atoms with E-state index in [0.717, 1.165) is 12.8 Å². The molecule has 0 bridgehead atoms. The predicted molar refractivity (Wildman–Crippen MR) is 340 cm³/mol. The molecule has 0 radical (unpaired) electrons. The summed E-state index contributed by atoms with van der Waals surface area (Å²) in [5.41, 5.74) is 26.2. The van der Waals surface area contributed by atoms with Gasteiger partial charge >= 0.3 is 0 Å². The summed E-state index contributed by atoms with van der Waals surface area (Å²) in [5, 5.41) is 0. The van der Waals surface area contributed by atoms with Crippen LogP contribution in [0.5, 0.6) is 0 Å². The molecule has 0 aromatic heterocycles. The molecule has 3 aliphatic heterocycles.